The summed E-state index contributed by atoms with van der Waals surface area (Å²) in [6.07, 6.45) is 33.2. The SMILES string of the molecule is CC[C@H](/C=C/[C@@H](C)[C@H]1CC[C@H]2[C@@H]3CC=C4C[C@@H](O)CC[C@]4(C)[C@H]3CC[C@]12C)C(C)C.C[C@H]1CC[C@@]2(C)C(CC[C@]3(C)[C@@H]2CC=C2[C@H]4CC(C)(C)CC[C@]4(C(=O)O)CC[C@]23C)C1(C)C. The maximum absolute atomic E-state index is 12.8. The highest BCUT2D eigenvalue weighted by molar-refractivity contribution is 5.76. The standard InChI is InChI=1S/C31H50O2.C29H48O/c1-20-11-13-28(6)23(27(20,4)5)12-14-30(8)24(28)10-9-21-22-19-26(2,3)15-17-31(22,25(32)33)18-16-29(21,30)7;1-7-21(19(2)3)9-8-20(4)25-12-13-26-24-11-10-22-18-23(30)14-16-28(22,5)27(24)15-17-29(25,26)6/h9,20,22-24H,10-19H2,1-8H3,(H,32,33);8-10,19-21,23-27,30H,7,11-18H2,1-6H3/b;9-8+/t20-,22+,23?,24+,28-,29+,30+,31-;20-,21-,23+,24+,25-,26+,27+,28+,29-/m01/s1. The molecular formula is C60H98O3. The van der Waals surface area contributed by atoms with E-state index < -0.39 is 11.4 Å². The number of hydrogen-bond donors (Lipinski definition) is 2. The van der Waals surface area contributed by atoms with Crippen LogP contribution in [0.15, 0.2) is 35.5 Å². The summed E-state index contributed by atoms with van der Waals surface area (Å²) in [6.45, 7) is 35.0. The van der Waals surface area contributed by atoms with E-state index >= 15 is 0 Å². The van der Waals surface area contributed by atoms with Crippen molar-refractivity contribution in [3.05, 3.63) is 35.5 Å². The molecule has 2 N–H and O–H groups in total. The third-order valence-corrected chi connectivity index (χ3v) is 24.4. The molecule has 3 heteroatoms. The van der Waals surface area contributed by atoms with Gasteiger partial charge in [0, 0.05) is 0 Å². The van der Waals surface area contributed by atoms with Gasteiger partial charge in [0.25, 0.3) is 0 Å². The predicted octanol–water partition coefficient (Wildman–Crippen LogP) is 16.3. The number of rotatable bonds is 6. The van der Waals surface area contributed by atoms with E-state index in [9.17, 15) is 15.0 Å². The molecular weight excluding hydrogens is 769 g/mol. The van der Waals surface area contributed by atoms with Gasteiger partial charge < -0.3 is 10.2 Å². The van der Waals surface area contributed by atoms with E-state index in [4.69, 9.17) is 0 Å². The molecule has 0 radical (unpaired) electrons. The zero-order chi connectivity index (χ0) is 45.9. The van der Waals surface area contributed by atoms with Gasteiger partial charge in [-0.15, -0.1) is 0 Å². The lowest BCUT2D eigenvalue weighted by molar-refractivity contribution is -0.195. The maximum atomic E-state index is 12.8. The lowest BCUT2D eigenvalue weighted by Gasteiger charge is -2.71. The van der Waals surface area contributed by atoms with Crippen LogP contribution in [0.3, 0.4) is 0 Å². The van der Waals surface area contributed by atoms with Crippen molar-refractivity contribution in [2.45, 2.75) is 225 Å². The Bertz CT molecular complexity index is 1810. The Hall–Kier alpha value is -1.35. The number of aliphatic carboxylic acids is 1. The lowest BCUT2D eigenvalue weighted by Crippen LogP contribution is -2.64. The number of aliphatic hydroxyl groups is 1. The molecule has 0 heterocycles. The summed E-state index contributed by atoms with van der Waals surface area (Å²) in [6, 6.07) is 0. The summed E-state index contributed by atoms with van der Waals surface area (Å²) in [5, 5.41) is 20.8. The number of carbonyl (C=O) groups is 1. The number of hydrogen-bond acceptors (Lipinski definition) is 2. The second-order valence-electron chi connectivity index (χ2n) is 27.9. The van der Waals surface area contributed by atoms with Crippen LogP contribution in [-0.2, 0) is 4.79 Å². The van der Waals surface area contributed by atoms with Gasteiger partial charge in [0.2, 0.25) is 0 Å². The summed E-state index contributed by atoms with van der Waals surface area (Å²) in [5.74, 6) is 7.74. The van der Waals surface area contributed by atoms with Crippen LogP contribution in [0, 0.1) is 108 Å². The van der Waals surface area contributed by atoms with E-state index in [1.165, 1.54) is 77.0 Å². The second-order valence-corrected chi connectivity index (χ2v) is 27.9. The van der Waals surface area contributed by atoms with Crippen LogP contribution in [0.25, 0.3) is 0 Å². The van der Waals surface area contributed by atoms with Crippen LogP contribution in [0.5, 0.6) is 0 Å². The molecule has 9 aliphatic carbocycles. The zero-order valence-corrected chi connectivity index (χ0v) is 43.5. The highest BCUT2D eigenvalue weighted by atomic mass is 16.4. The van der Waals surface area contributed by atoms with Gasteiger partial charge in [-0.1, -0.05) is 132 Å². The number of allylic oxidation sites excluding steroid dienone is 5. The fourth-order valence-corrected chi connectivity index (χ4v) is 19.6. The van der Waals surface area contributed by atoms with Crippen molar-refractivity contribution in [3.8, 4) is 0 Å². The normalized spacial score (nSPS) is 49.2. The third-order valence-electron chi connectivity index (χ3n) is 24.4. The molecule has 17 atom stereocenters. The zero-order valence-electron chi connectivity index (χ0n) is 43.5. The molecule has 0 aromatic carbocycles. The molecule has 7 fully saturated rings. The fraction of sp³-hybridized carbons (Fsp3) is 0.883. The molecule has 0 aliphatic heterocycles. The Labute approximate surface area is 388 Å². The first kappa shape index (κ1) is 48.1. The first-order chi connectivity index (χ1) is 29.3. The Morgan fingerprint density at radius 1 is 0.746 bits per heavy atom. The van der Waals surface area contributed by atoms with Crippen molar-refractivity contribution in [2.75, 3.05) is 0 Å². The third kappa shape index (κ3) is 7.33. The molecule has 0 aromatic rings. The minimum Gasteiger partial charge on any atom is -0.481 e. The van der Waals surface area contributed by atoms with Crippen LogP contribution < -0.4 is 0 Å². The number of aliphatic hydroxyl groups excluding tert-OH is 1. The quantitative estimate of drug-likeness (QED) is 0.262. The van der Waals surface area contributed by atoms with Crippen molar-refractivity contribution in [2.24, 2.45) is 108 Å². The lowest BCUT2D eigenvalue weighted by atomic mass is 9.33. The van der Waals surface area contributed by atoms with Crippen molar-refractivity contribution in [3.63, 3.8) is 0 Å². The molecule has 0 aromatic heterocycles. The number of fused-ring (bicyclic) bond motifs is 12. The first-order valence-corrected chi connectivity index (χ1v) is 27.3. The van der Waals surface area contributed by atoms with Gasteiger partial charge in [-0.2, -0.15) is 0 Å². The molecule has 0 saturated heterocycles. The molecule has 7 saturated carbocycles. The van der Waals surface area contributed by atoms with Gasteiger partial charge in [0.05, 0.1) is 11.5 Å². The first-order valence-electron chi connectivity index (χ1n) is 27.3. The van der Waals surface area contributed by atoms with Gasteiger partial charge in [0.1, 0.15) is 0 Å². The Balaban J connectivity index is 0.000000174. The summed E-state index contributed by atoms with van der Waals surface area (Å²) >= 11 is 0. The predicted molar refractivity (Wildman–Crippen MR) is 264 cm³/mol. The Morgan fingerprint density at radius 2 is 1.44 bits per heavy atom. The highest BCUT2D eigenvalue weighted by Crippen LogP contribution is 2.76. The molecule has 9 aliphatic rings. The van der Waals surface area contributed by atoms with Crippen molar-refractivity contribution >= 4 is 5.97 Å². The fourth-order valence-electron chi connectivity index (χ4n) is 19.6. The number of carboxylic acid groups (broad SMARTS) is 1. The molecule has 356 valence electrons. The molecule has 0 spiro atoms. The van der Waals surface area contributed by atoms with E-state index in [1.54, 1.807) is 11.1 Å². The van der Waals surface area contributed by atoms with Gasteiger partial charge in [-0.05, 0) is 225 Å². The van der Waals surface area contributed by atoms with Gasteiger partial charge >= 0.3 is 5.97 Å². The van der Waals surface area contributed by atoms with Crippen LogP contribution in [-0.4, -0.2) is 22.3 Å². The Morgan fingerprint density at radius 3 is 2.13 bits per heavy atom. The van der Waals surface area contributed by atoms with Crippen LogP contribution in [0.4, 0.5) is 0 Å². The van der Waals surface area contributed by atoms with Crippen LogP contribution >= 0.6 is 0 Å². The molecule has 0 bridgehead atoms. The summed E-state index contributed by atoms with van der Waals surface area (Å²) in [4.78, 5) is 12.8. The molecule has 3 nitrogen and oxygen atoms in total. The smallest absolute Gasteiger partial charge is 0.310 e. The topological polar surface area (TPSA) is 57.5 Å². The minimum atomic E-state index is -0.520. The monoisotopic (exact) mass is 867 g/mol. The average molecular weight is 867 g/mol. The van der Waals surface area contributed by atoms with E-state index in [0.717, 1.165) is 98.2 Å². The van der Waals surface area contributed by atoms with Gasteiger partial charge in [-0.25, -0.2) is 0 Å². The summed E-state index contributed by atoms with van der Waals surface area (Å²) < 4.78 is 0. The van der Waals surface area contributed by atoms with Crippen LogP contribution in [0.2, 0.25) is 0 Å². The van der Waals surface area contributed by atoms with Crippen molar-refractivity contribution in [1.82, 2.24) is 0 Å². The molecule has 1 unspecified atom stereocenters. The van der Waals surface area contributed by atoms with Crippen LogP contribution in [0.1, 0.15) is 219 Å². The van der Waals surface area contributed by atoms with E-state index in [-0.39, 0.29) is 28.3 Å². The molecule has 9 rings (SSSR count). The summed E-state index contributed by atoms with van der Waals surface area (Å²) in [7, 11) is 0. The number of carboxylic acids is 1. The minimum absolute atomic E-state index is 0.0870. The second kappa shape index (κ2) is 16.4. The van der Waals surface area contributed by atoms with Crippen molar-refractivity contribution < 1.29 is 15.0 Å². The van der Waals surface area contributed by atoms with Crippen molar-refractivity contribution in [1.29, 1.82) is 0 Å². The Kier molecular flexibility index (Phi) is 12.5. The van der Waals surface area contributed by atoms with Gasteiger partial charge in [0.15, 0.2) is 0 Å². The van der Waals surface area contributed by atoms with E-state index in [0.29, 0.717) is 27.6 Å². The molecule has 63 heavy (non-hydrogen) atoms. The van der Waals surface area contributed by atoms with Gasteiger partial charge in [-0.3, -0.25) is 4.79 Å². The largest absolute Gasteiger partial charge is 0.481 e. The average Bonchev–Trinajstić information content (AvgIpc) is 3.57. The summed E-state index contributed by atoms with van der Waals surface area (Å²) in [5.41, 5.74) is 5.04. The van der Waals surface area contributed by atoms with E-state index in [1.807, 2.05) is 0 Å². The highest BCUT2D eigenvalue weighted by Gasteiger charge is 2.69. The maximum Gasteiger partial charge on any atom is 0.310 e. The van der Waals surface area contributed by atoms with E-state index in [2.05, 4.69) is 121 Å². The molecule has 0 amide bonds.